The van der Waals surface area contributed by atoms with Crippen LogP contribution in [0.3, 0.4) is 0 Å². The van der Waals surface area contributed by atoms with Crippen molar-refractivity contribution in [3.8, 4) is 0 Å². The van der Waals surface area contributed by atoms with Gasteiger partial charge in [0.2, 0.25) is 0 Å². The predicted molar refractivity (Wildman–Crippen MR) is 72.7 cm³/mol. The van der Waals surface area contributed by atoms with Gasteiger partial charge in [0.25, 0.3) is 0 Å². The second-order valence-corrected chi connectivity index (χ2v) is 8.20. The quantitative estimate of drug-likeness (QED) is 0.916. The third-order valence-electron chi connectivity index (χ3n) is 3.20. The summed E-state index contributed by atoms with van der Waals surface area (Å²) in [4.78, 5) is 0. The van der Waals surface area contributed by atoms with Gasteiger partial charge in [0.05, 0.1) is 15.3 Å². The highest BCUT2D eigenvalue weighted by molar-refractivity contribution is 9.10. The molecule has 0 aromatic heterocycles. The molecule has 0 aliphatic heterocycles. The number of aliphatic hydroxyl groups is 1. The van der Waals surface area contributed by atoms with Gasteiger partial charge in [0.15, 0.2) is 9.84 Å². The first-order valence-electron chi connectivity index (χ1n) is 5.38. The Balaban J connectivity index is 3.02. The van der Waals surface area contributed by atoms with E-state index in [-0.39, 0.29) is 10.9 Å². The average Bonchev–Trinajstić information content (AvgIpc) is 2.23. The van der Waals surface area contributed by atoms with Crippen molar-refractivity contribution in [2.24, 2.45) is 0 Å². The van der Waals surface area contributed by atoms with E-state index in [1.807, 2.05) is 0 Å². The lowest BCUT2D eigenvalue weighted by Crippen LogP contribution is -2.44. The van der Waals surface area contributed by atoms with E-state index in [2.05, 4.69) is 15.9 Å². The van der Waals surface area contributed by atoms with Gasteiger partial charge in [-0.1, -0.05) is 12.1 Å². The highest BCUT2D eigenvalue weighted by Gasteiger charge is 2.38. The molecule has 0 spiro atoms. The fraction of sp³-hybridized carbons (Fsp3) is 0.500. The lowest BCUT2D eigenvalue weighted by Gasteiger charge is -2.28. The fourth-order valence-electron chi connectivity index (χ4n) is 1.41. The molecule has 0 saturated heterocycles. The molecule has 1 atom stereocenters. The van der Waals surface area contributed by atoms with Crippen molar-refractivity contribution in [2.45, 2.75) is 31.1 Å². The Kier molecular flexibility index (Phi) is 4.56. The van der Waals surface area contributed by atoms with Crippen molar-refractivity contribution in [2.75, 3.05) is 6.26 Å². The van der Waals surface area contributed by atoms with Crippen LogP contribution in [0.15, 0.2) is 22.7 Å². The number of benzene rings is 1. The monoisotopic (exact) mass is 338 g/mol. The van der Waals surface area contributed by atoms with E-state index in [1.54, 1.807) is 6.07 Å². The summed E-state index contributed by atoms with van der Waals surface area (Å²) in [7, 11) is -3.40. The van der Waals surface area contributed by atoms with Crippen molar-refractivity contribution in [3.63, 3.8) is 0 Å². The smallest absolute Gasteiger partial charge is 0.155 e. The summed E-state index contributed by atoms with van der Waals surface area (Å²) in [5.41, 5.74) is 0.541. The number of sulfone groups is 1. The summed E-state index contributed by atoms with van der Waals surface area (Å²) in [6.07, 6.45) is 0.0421. The van der Waals surface area contributed by atoms with E-state index < -0.39 is 26.5 Å². The molecule has 0 radical (unpaired) electrons. The zero-order valence-electron chi connectivity index (χ0n) is 10.4. The largest absolute Gasteiger partial charge is 0.391 e. The first-order chi connectivity index (χ1) is 8.07. The van der Waals surface area contributed by atoms with Gasteiger partial charge in [-0.25, -0.2) is 12.8 Å². The fourth-order valence-corrected chi connectivity index (χ4v) is 2.41. The Morgan fingerprint density at radius 2 is 2.00 bits per heavy atom. The number of hydrogen-bond donors (Lipinski definition) is 1. The molecule has 1 unspecified atom stereocenters. The zero-order chi connectivity index (χ0) is 14.1. The van der Waals surface area contributed by atoms with E-state index in [1.165, 1.54) is 26.0 Å². The van der Waals surface area contributed by atoms with Crippen LogP contribution in [0.2, 0.25) is 0 Å². The zero-order valence-corrected chi connectivity index (χ0v) is 12.8. The molecule has 1 rings (SSSR count). The number of halogens is 2. The predicted octanol–water partition coefficient (Wildman–Crippen LogP) is 2.31. The van der Waals surface area contributed by atoms with Gasteiger partial charge in [0.1, 0.15) is 5.82 Å². The van der Waals surface area contributed by atoms with Crippen LogP contribution >= 0.6 is 15.9 Å². The molecule has 0 aliphatic carbocycles. The maximum atomic E-state index is 13.3. The minimum absolute atomic E-state index is 0.0679. The molecular formula is C12H16BrFO3S. The second kappa shape index (κ2) is 5.27. The van der Waals surface area contributed by atoms with Crippen LogP contribution in [0, 0.1) is 5.82 Å². The lowest BCUT2D eigenvalue weighted by molar-refractivity contribution is 0.137. The second-order valence-electron chi connectivity index (χ2n) is 4.81. The van der Waals surface area contributed by atoms with Crippen LogP contribution in [0.25, 0.3) is 0 Å². The summed E-state index contributed by atoms with van der Waals surface area (Å²) < 4.78 is 35.5. The Morgan fingerprint density at radius 1 is 1.44 bits per heavy atom. The Hall–Kier alpha value is -0.460. The molecule has 0 amide bonds. The van der Waals surface area contributed by atoms with E-state index >= 15 is 0 Å². The molecule has 0 heterocycles. The van der Waals surface area contributed by atoms with Gasteiger partial charge in [-0.2, -0.15) is 0 Å². The molecule has 3 nitrogen and oxygen atoms in total. The standard InChI is InChI=1S/C12H16BrFO3S/c1-12(2,18(3,16)17)10(15)7-8-5-4-6-9(14)11(8)13/h4-6,10,15H,7H2,1-3H3. The van der Waals surface area contributed by atoms with E-state index in [0.717, 1.165) is 6.26 Å². The molecule has 0 fully saturated rings. The Morgan fingerprint density at radius 3 is 2.50 bits per heavy atom. The van der Waals surface area contributed by atoms with Gasteiger partial charge in [-0.15, -0.1) is 0 Å². The Labute approximate surface area is 115 Å². The summed E-state index contributed by atoms with van der Waals surface area (Å²) in [6, 6.07) is 4.46. The number of aliphatic hydroxyl groups excluding tert-OH is 1. The molecule has 1 N–H and O–H groups in total. The van der Waals surface area contributed by atoms with Crippen LogP contribution in [-0.2, 0) is 16.3 Å². The van der Waals surface area contributed by atoms with Gasteiger partial charge in [0, 0.05) is 12.7 Å². The van der Waals surface area contributed by atoms with Crippen LogP contribution in [0.4, 0.5) is 4.39 Å². The summed E-state index contributed by atoms with van der Waals surface area (Å²) in [5, 5.41) is 10.1. The SMILES string of the molecule is CC(C)(C(O)Cc1cccc(F)c1Br)S(C)(=O)=O. The molecule has 0 aliphatic rings. The molecule has 6 heteroatoms. The van der Waals surface area contributed by atoms with Crippen molar-refractivity contribution in [1.82, 2.24) is 0 Å². The van der Waals surface area contributed by atoms with E-state index in [0.29, 0.717) is 5.56 Å². The van der Waals surface area contributed by atoms with Crippen LogP contribution in [0.5, 0.6) is 0 Å². The molecule has 0 bridgehead atoms. The molecular weight excluding hydrogens is 323 g/mol. The van der Waals surface area contributed by atoms with E-state index in [4.69, 9.17) is 0 Å². The van der Waals surface area contributed by atoms with Crippen molar-refractivity contribution in [3.05, 3.63) is 34.1 Å². The summed E-state index contributed by atoms with van der Waals surface area (Å²) in [5.74, 6) is -0.433. The van der Waals surface area contributed by atoms with Crippen molar-refractivity contribution < 1.29 is 17.9 Å². The molecule has 102 valence electrons. The normalized spacial score (nSPS) is 14.6. The molecule has 1 aromatic rings. The van der Waals surface area contributed by atoms with Gasteiger partial charge < -0.3 is 5.11 Å². The van der Waals surface area contributed by atoms with Gasteiger partial charge in [-0.05, 0) is 41.4 Å². The highest BCUT2D eigenvalue weighted by Crippen LogP contribution is 2.27. The van der Waals surface area contributed by atoms with Crippen molar-refractivity contribution >= 4 is 25.8 Å². The van der Waals surface area contributed by atoms with Gasteiger partial charge in [-0.3, -0.25) is 0 Å². The van der Waals surface area contributed by atoms with Crippen molar-refractivity contribution in [1.29, 1.82) is 0 Å². The van der Waals surface area contributed by atoms with Crippen LogP contribution in [0.1, 0.15) is 19.4 Å². The maximum absolute atomic E-state index is 13.3. The summed E-state index contributed by atoms with van der Waals surface area (Å²) in [6.45, 7) is 2.92. The minimum atomic E-state index is -3.40. The Bertz CT molecular complexity index is 540. The topological polar surface area (TPSA) is 54.4 Å². The molecule has 0 saturated carbocycles. The van der Waals surface area contributed by atoms with E-state index in [9.17, 15) is 17.9 Å². The highest BCUT2D eigenvalue weighted by atomic mass is 79.9. The summed E-state index contributed by atoms with van der Waals surface area (Å²) >= 11 is 3.09. The van der Waals surface area contributed by atoms with Gasteiger partial charge >= 0.3 is 0 Å². The first kappa shape index (κ1) is 15.6. The third kappa shape index (κ3) is 3.10. The minimum Gasteiger partial charge on any atom is -0.391 e. The average molecular weight is 339 g/mol. The first-order valence-corrected chi connectivity index (χ1v) is 8.06. The lowest BCUT2D eigenvalue weighted by atomic mass is 9.98. The maximum Gasteiger partial charge on any atom is 0.155 e. The number of hydrogen-bond acceptors (Lipinski definition) is 3. The molecule has 1 aromatic carbocycles. The van der Waals surface area contributed by atoms with Crippen LogP contribution in [-0.4, -0.2) is 30.6 Å². The third-order valence-corrected chi connectivity index (χ3v) is 6.27. The molecule has 18 heavy (non-hydrogen) atoms. The number of rotatable bonds is 4. The van der Waals surface area contributed by atoms with Crippen LogP contribution < -0.4 is 0 Å².